The van der Waals surface area contributed by atoms with Crippen LogP contribution in [0, 0.1) is 5.92 Å². The smallest absolute Gasteiger partial charge is 0.240 e. The van der Waals surface area contributed by atoms with E-state index in [2.05, 4.69) is 34.7 Å². The second kappa shape index (κ2) is 7.14. The summed E-state index contributed by atoms with van der Waals surface area (Å²) in [4.78, 5) is 2.81. The van der Waals surface area contributed by atoms with Gasteiger partial charge in [-0.3, -0.25) is 4.90 Å². The maximum absolute atomic E-state index is 12.9. The van der Waals surface area contributed by atoms with Crippen molar-refractivity contribution in [2.75, 3.05) is 13.1 Å². The highest BCUT2D eigenvalue weighted by Crippen LogP contribution is 2.38. The van der Waals surface area contributed by atoms with Crippen LogP contribution in [0.25, 0.3) is 0 Å². The Labute approximate surface area is 156 Å². The van der Waals surface area contributed by atoms with Crippen molar-refractivity contribution in [2.24, 2.45) is 5.92 Å². The zero-order valence-electron chi connectivity index (χ0n) is 15.1. The van der Waals surface area contributed by atoms with Gasteiger partial charge in [0.25, 0.3) is 0 Å². The molecule has 0 radical (unpaired) electrons. The molecule has 0 bridgehead atoms. The monoisotopic (exact) mass is 370 g/mol. The van der Waals surface area contributed by atoms with E-state index >= 15 is 0 Å². The lowest BCUT2D eigenvalue weighted by Crippen LogP contribution is -2.46. The standard InChI is InChI=1S/C21H26N2O2S/c1-16-11-13-23(14-12-16)21-19-10-6-5-7-17(19)15-20(21)22-26(24,25)18-8-3-2-4-9-18/h2-10,16,20-22H,11-15H2,1H3/t20-,21-/m1/s1. The number of nitrogens with zero attached hydrogens (tertiary/aromatic N) is 1. The third-order valence-electron chi connectivity index (χ3n) is 5.77. The molecule has 0 saturated carbocycles. The lowest BCUT2D eigenvalue weighted by molar-refractivity contribution is 0.123. The highest BCUT2D eigenvalue weighted by Gasteiger charge is 2.39. The average molecular weight is 371 g/mol. The van der Waals surface area contributed by atoms with Gasteiger partial charge in [-0.15, -0.1) is 0 Å². The molecule has 2 aliphatic rings. The van der Waals surface area contributed by atoms with E-state index < -0.39 is 10.0 Å². The number of likely N-dealkylation sites (tertiary alicyclic amines) is 1. The third kappa shape index (κ3) is 3.43. The second-order valence-electron chi connectivity index (χ2n) is 7.61. The van der Waals surface area contributed by atoms with Crippen molar-refractivity contribution in [3.63, 3.8) is 0 Å². The largest absolute Gasteiger partial charge is 0.295 e. The van der Waals surface area contributed by atoms with Gasteiger partial charge in [0.05, 0.1) is 10.9 Å². The van der Waals surface area contributed by atoms with E-state index in [4.69, 9.17) is 0 Å². The lowest BCUT2D eigenvalue weighted by Gasteiger charge is -2.38. The van der Waals surface area contributed by atoms with Crippen molar-refractivity contribution >= 4 is 10.0 Å². The number of nitrogens with one attached hydrogen (secondary N) is 1. The van der Waals surface area contributed by atoms with Gasteiger partial charge in [-0.2, -0.15) is 0 Å². The molecule has 0 unspecified atom stereocenters. The van der Waals surface area contributed by atoms with Crippen LogP contribution in [0.2, 0.25) is 0 Å². The molecule has 138 valence electrons. The minimum atomic E-state index is -3.52. The van der Waals surface area contributed by atoms with E-state index in [1.807, 2.05) is 12.1 Å². The van der Waals surface area contributed by atoms with E-state index in [0.717, 1.165) is 25.4 Å². The number of rotatable bonds is 4. The van der Waals surface area contributed by atoms with E-state index in [9.17, 15) is 8.42 Å². The second-order valence-corrected chi connectivity index (χ2v) is 9.32. The number of benzene rings is 2. The first-order chi connectivity index (χ1) is 12.5. The quantitative estimate of drug-likeness (QED) is 0.898. The molecule has 1 fully saturated rings. The summed E-state index contributed by atoms with van der Waals surface area (Å²) in [5.74, 6) is 0.752. The van der Waals surface area contributed by atoms with Crippen molar-refractivity contribution < 1.29 is 8.42 Å². The maximum Gasteiger partial charge on any atom is 0.240 e. The Kier molecular flexibility index (Phi) is 4.86. The van der Waals surface area contributed by atoms with Crippen LogP contribution < -0.4 is 4.72 Å². The van der Waals surface area contributed by atoms with Crippen LogP contribution in [0.15, 0.2) is 59.5 Å². The average Bonchev–Trinajstić information content (AvgIpc) is 3.00. The van der Waals surface area contributed by atoms with Gasteiger partial charge in [0.1, 0.15) is 0 Å². The van der Waals surface area contributed by atoms with Crippen molar-refractivity contribution in [3.05, 3.63) is 65.7 Å². The topological polar surface area (TPSA) is 49.4 Å². The predicted molar refractivity (Wildman–Crippen MR) is 103 cm³/mol. The number of piperidine rings is 1. The Morgan fingerprint density at radius 2 is 1.62 bits per heavy atom. The Morgan fingerprint density at radius 1 is 0.962 bits per heavy atom. The van der Waals surface area contributed by atoms with Gasteiger partial charge < -0.3 is 0 Å². The SMILES string of the molecule is CC1CCN([C@@H]2c3ccccc3C[C@H]2NS(=O)(=O)c2ccccc2)CC1. The molecule has 5 heteroatoms. The Balaban J connectivity index is 1.62. The van der Waals surface area contributed by atoms with Crippen LogP contribution in [0.4, 0.5) is 0 Å². The van der Waals surface area contributed by atoms with Gasteiger partial charge in [0.2, 0.25) is 10.0 Å². The Bertz CT molecular complexity index is 859. The van der Waals surface area contributed by atoms with Gasteiger partial charge in [-0.1, -0.05) is 49.4 Å². The molecule has 2 aromatic rings. The molecule has 0 amide bonds. The summed E-state index contributed by atoms with van der Waals surface area (Å²) in [5.41, 5.74) is 2.54. The fraction of sp³-hybridized carbons (Fsp3) is 0.429. The Morgan fingerprint density at radius 3 is 2.35 bits per heavy atom. The normalized spacial score (nSPS) is 24.5. The summed E-state index contributed by atoms with van der Waals surface area (Å²) < 4.78 is 28.8. The van der Waals surface area contributed by atoms with Crippen LogP contribution in [0.1, 0.15) is 36.9 Å². The van der Waals surface area contributed by atoms with E-state index in [1.165, 1.54) is 24.0 Å². The number of hydrogen-bond acceptors (Lipinski definition) is 3. The molecule has 1 aliphatic heterocycles. The molecule has 1 heterocycles. The lowest BCUT2D eigenvalue weighted by atomic mass is 9.95. The fourth-order valence-electron chi connectivity index (χ4n) is 4.30. The van der Waals surface area contributed by atoms with Gasteiger partial charge in [-0.25, -0.2) is 13.1 Å². The fourth-order valence-corrected chi connectivity index (χ4v) is 5.57. The first-order valence-electron chi connectivity index (χ1n) is 9.44. The molecule has 0 spiro atoms. The first-order valence-corrected chi connectivity index (χ1v) is 10.9. The minimum Gasteiger partial charge on any atom is -0.295 e. The molecule has 2 aromatic carbocycles. The highest BCUT2D eigenvalue weighted by molar-refractivity contribution is 7.89. The van der Waals surface area contributed by atoms with Crippen LogP contribution in [0.5, 0.6) is 0 Å². The van der Waals surface area contributed by atoms with Gasteiger partial charge in [0, 0.05) is 6.04 Å². The van der Waals surface area contributed by atoms with Crippen LogP contribution >= 0.6 is 0 Å². The van der Waals surface area contributed by atoms with Gasteiger partial charge in [0.15, 0.2) is 0 Å². The van der Waals surface area contributed by atoms with Crippen molar-refractivity contribution in [1.82, 2.24) is 9.62 Å². The third-order valence-corrected chi connectivity index (χ3v) is 7.27. The number of sulfonamides is 1. The summed E-state index contributed by atoms with van der Waals surface area (Å²) in [6, 6.07) is 17.1. The molecule has 4 rings (SSSR count). The Hall–Kier alpha value is -1.69. The van der Waals surface area contributed by atoms with Gasteiger partial charge >= 0.3 is 0 Å². The van der Waals surface area contributed by atoms with Crippen molar-refractivity contribution in [2.45, 2.75) is 43.2 Å². The molecule has 0 aromatic heterocycles. The number of fused-ring (bicyclic) bond motifs is 1. The molecule has 4 nitrogen and oxygen atoms in total. The summed E-state index contributed by atoms with van der Waals surface area (Å²) in [7, 11) is -3.52. The predicted octanol–water partition coefficient (Wildman–Crippen LogP) is 3.36. The highest BCUT2D eigenvalue weighted by atomic mass is 32.2. The molecule has 1 aliphatic carbocycles. The van der Waals surface area contributed by atoms with Crippen LogP contribution in [-0.4, -0.2) is 32.4 Å². The van der Waals surface area contributed by atoms with Crippen LogP contribution in [0.3, 0.4) is 0 Å². The van der Waals surface area contributed by atoms with E-state index in [0.29, 0.717) is 4.90 Å². The molecule has 26 heavy (non-hydrogen) atoms. The summed E-state index contributed by atoms with van der Waals surface area (Å²) >= 11 is 0. The summed E-state index contributed by atoms with van der Waals surface area (Å²) in [6.45, 7) is 4.36. The van der Waals surface area contributed by atoms with Crippen molar-refractivity contribution in [3.8, 4) is 0 Å². The summed E-state index contributed by atoms with van der Waals surface area (Å²) in [5, 5.41) is 0. The zero-order valence-corrected chi connectivity index (χ0v) is 16.0. The summed E-state index contributed by atoms with van der Waals surface area (Å²) in [6.07, 6.45) is 3.10. The van der Waals surface area contributed by atoms with Crippen LogP contribution in [-0.2, 0) is 16.4 Å². The minimum absolute atomic E-state index is 0.119. The van der Waals surface area contributed by atoms with Gasteiger partial charge in [-0.05, 0) is 61.5 Å². The molecule has 1 saturated heterocycles. The molecule has 2 atom stereocenters. The number of hydrogen-bond donors (Lipinski definition) is 1. The van der Waals surface area contributed by atoms with Crippen molar-refractivity contribution in [1.29, 1.82) is 0 Å². The molecular weight excluding hydrogens is 344 g/mol. The maximum atomic E-state index is 12.9. The first kappa shape index (κ1) is 17.7. The molecular formula is C21H26N2O2S. The zero-order chi connectivity index (χ0) is 18.1. The van der Waals surface area contributed by atoms with E-state index in [1.54, 1.807) is 24.3 Å². The van der Waals surface area contributed by atoms with E-state index in [-0.39, 0.29) is 12.1 Å². The molecule has 1 N–H and O–H groups in total.